The number of hydrogen-bond donors (Lipinski definition) is 2. The molecular formula is C12H13N5O2. The fraction of sp³-hybridized carbons (Fsp3) is 0.333. The first-order valence-electron chi connectivity index (χ1n) is 5.93. The fourth-order valence-electron chi connectivity index (χ4n) is 2.07. The van der Waals surface area contributed by atoms with Gasteiger partial charge in [-0.1, -0.05) is 0 Å². The lowest BCUT2D eigenvalue weighted by molar-refractivity contribution is 0.188. The number of hydrogen-bond acceptors (Lipinski definition) is 4. The molecule has 0 aromatic carbocycles. The molecule has 3 rings (SSSR count). The standard InChI is InChI=1S/C12H13N5O2/c1-17-7-8(6-13-17)9-2-3-10(16-15-9)12(4-5-12)14-11(18)19/h2-3,6-7,14H,4-5H2,1H3,(H,18,19). The predicted molar refractivity (Wildman–Crippen MR) is 66.3 cm³/mol. The van der Waals surface area contributed by atoms with Gasteiger partial charge in [0, 0.05) is 18.8 Å². The Labute approximate surface area is 109 Å². The summed E-state index contributed by atoms with van der Waals surface area (Å²) in [4.78, 5) is 10.7. The highest BCUT2D eigenvalue weighted by Gasteiger charge is 2.47. The molecule has 98 valence electrons. The van der Waals surface area contributed by atoms with Crippen molar-refractivity contribution in [3.63, 3.8) is 0 Å². The summed E-state index contributed by atoms with van der Waals surface area (Å²) in [5.74, 6) is 0. The van der Waals surface area contributed by atoms with E-state index in [-0.39, 0.29) is 0 Å². The molecule has 1 amide bonds. The maximum Gasteiger partial charge on any atom is 0.405 e. The molecule has 0 bridgehead atoms. The van der Waals surface area contributed by atoms with Gasteiger partial charge < -0.3 is 10.4 Å². The first kappa shape index (κ1) is 11.6. The van der Waals surface area contributed by atoms with Crippen LogP contribution in [0.15, 0.2) is 24.5 Å². The Kier molecular flexibility index (Phi) is 2.48. The third-order valence-electron chi connectivity index (χ3n) is 3.25. The van der Waals surface area contributed by atoms with Crippen LogP contribution in [0.4, 0.5) is 4.79 Å². The Morgan fingerprint density at radius 2 is 2.21 bits per heavy atom. The van der Waals surface area contributed by atoms with Crippen LogP contribution in [0.2, 0.25) is 0 Å². The second kappa shape index (κ2) is 4.04. The molecule has 2 N–H and O–H groups in total. The number of carbonyl (C=O) groups is 1. The summed E-state index contributed by atoms with van der Waals surface area (Å²) in [5, 5.41) is 23.7. The van der Waals surface area contributed by atoms with Crippen LogP contribution in [-0.2, 0) is 12.6 Å². The number of carboxylic acid groups (broad SMARTS) is 1. The Balaban J connectivity index is 1.85. The molecule has 0 spiro atoms. The van der Waals surface area contributed by atoms with Gasteiger partial charge in [0.2, 0.25) is 0 Å². The fourth-order valence-corrected chi connectivity index (χ4v) is 2.07. The topological polar surface area (TPSA) is 92.9 Å². The van der Waals surface area contributed by atoms with Crippen LogP contribution >= 0.6 is 0 Å². The molecule has 2 aromatic rings. The minimum atomic E-state index is -1.03. The number of rotatable bonds is 3. The van der Waals surface area contributed by atoms with Gasteiger partial charge in [-0.25, -0.2) is 4.79 Å². The molecule has 0 unspecified atom stereocenters. The second-order valence-corrected chi connectivity index (χ2v) is 4.72. The van der Waals surface area contributed by atoms with E-state index in [2.05, 4.69) is 20.6 Å². The van der Waals surface area contributed by atoms with Crippen LogP contribution in [0.1, 0.15) is 18.5 Å². The van der Waals surface area contributed by atoms with Gasteiger partial charge in [0.15, 0.2) is 0 Å². The maximum absolute atomic E-state index is 10.7. The number of amides is 1. The monoisotopic (exact) mass is 259 g/mol. The summed E-state index contributed by atoms with van der Waals surface area (Å²) in [5.41, 5.74) is 1.75. The van der Waals surface area contributed by atoms with E-state index in [1.807, 2.05) is 25.4 Å². The molecule has 19 heavy (non-hydrogen) atoms. The van der Waals surface area contributed by atoms with E-state index < -0.39 is 11.6 Å². The molecule has 1 aliphatic carbocycles. The van der Waals surface area contributed by atoms with Crippen LogP contribution in [0.3, 0.4) is 0 Å². The Bertz CT molecular complexity index is 615. The van der Waals surface area contributed by atoms with Crippen LogP contribution in [0.25, 0.3) is 11.3 Å². The zero-order valence-corrected chi connectivity index (χ0v) is 10.4. The molecule has 0 aliphatic heterocycles. The molecule has 2 heterocycles. The van der Waals surface area contributed by atoms with Crippen molar-refractivity contribution in [2.24, 2.45) is 7.05 Å². The van der Waals surface area contributed by atoms with Gasteiger partial charge in [0.1, 0.15) is 0 Å². The smallest absolute Gasteiger partial charge is 0.405 e. The van der Waals surface area contributed by atoms with Gasteiger partial charge in [0.25, 0.3) is 0 Å². The molecule has 7 heteroatoms. The van der Waals surface area contributed by atoms with E-state index in [0.717, 1.165) is 24.1 Å². The number of nitrogens with one attached hydrogen (secondary N) is 1. The lowest BCUT2D eigenvalue weighted by Crippen LogP contribution is -2.34. The van der Waals surface area contributed by atoms with Crippen molar-refractivity contribution in [2.45, 2.75) is 18.4 Å². The Morgan fingerprint density at radius 1 is 1.42 bits per heavy atom. The quantitative estimate of drug-likeness (QED) is 0.862. The van der Waals surface area contributed by atoms with E-state index in [4.69, 9.17) is 5.11 Å². The molecule has 0 atom stereocenters. The van der Waals surface area contributed by atoms with Crippen LogP contribution in [0.5, 0.6) is 0 Å². The highest BCUT2D eigenvalue weighted by Crippen LogP contribution is 2.44. The normalized spacial score (nSPS) is 16.1. The van der Waals surface area contributed by atoms with Crippen molar-refractivity contribution in [1.82, 2.24) is 25.3 Å². The molecular weight excluding hydrogens is 246 g/mol. The third kappa shape index (κ3) is 2.14. The largest absolute Gasteiger partial charge is 0.465 e. The lowest BCUT2D eigenvalue weighted by Gasteiger charge is -2.13. The van der Waals surface area contributed by atoms with Crippen LogP contribution < -0.4 is 5.32 Å². The summed E-state index contributed by atoms with van der Waals surface area (Å²) in [6.45, 7) is 0. The zero-order chi connectivity index (χ0) is 13.5. The highest BCUT2D eigenvalue weighted by molar-refractivity contribution is 5.67. The van der Waals surface area contributed by atoms with E-state index in [1.54, 1.807) is 10.9 Å². The summed E-state index contributed by atoms with van der Waals surface area (Å²) in [7, 11) is 1.83. The van der Waals surface area contributed by atoms with Gasteiger partial charge in [-0.3, -0.25) is 4.68 Å². The van der Waals surface area contributed by atoms with Gasteiger partial charge in [-0.05, 0) is 25.0 Å². The van der Waals surface area contributed by atoms with Gasteiger partial charge in [-0.2, -0.15) is 15.3 Å². The minimum absolute atomic E-state index is 0.535. The summed E-state index contributed by atoms with van der Waals surface area (Å²) >= 11 is 0. The number of nitrogens with zero attached hydrogens (tertiary/aromatic N) is 4. The van der Waals surface area contributed by atoms with Crippen molar-refractivity contribution < 1.29 is 9.90 Å². The van der Waals surface area contributed by atoms with Gasteiger partial charge >= 0.3 is 6.09 Å². The summed E-state index contributed by atoms with van der Waals surface area (Å²) in [6, 6.07) is 3.65. The van der Waals surface area contributed by atoms with Crippen molar-refractivity contribution in [1.29, 1.82) is 0 Å². The third-order valence-corrected chi connectivity index (χ3v) is 3.25. The molecule has 0 radical (unpaired) electrons. The highest BCUT2D eigenvalue weighted by atomic mass is 16.4. The van der Waals surface area contributed by atoms with Gasteiger partial charge in [-0.15, -0.1) is 0 Å². The zero-order valence-electron chi connectivity index (χ0n) is 10.4. The average molecular weight is 259 g/mol. The molecule has 7 nitrogen and oxygen atoms in total. The first-order chi connectivity index (χ1) is 9.09. The molecule has 1 fully saturated rings. The van der Waals surface area contributed by atoms with Crippen LogP contribution in [-0.4, -0.2) is 31.2 Å². The lowest BCUT2D eigenvalue weighted by atomic mass is 10.1. The molecule has 1 aliphatic rings. The Morgan fingerprint density at radius 3 is 2.68 bits per heavy atom. The summed E-state index contributed by atoms with van der Waals surface area (Å²) in [6.07, 6.45) is 4.06. The molecule has 0 saturated heterocycles. The number of aromatic nitrogens is 4. The SMILES string of the molecule is Cn1cc(-c2ccc(C3(NC(=O)O)CC3)nn2)cn1. The van der Waals surface area contributed by atoms with E-state index in [0.29, 0.717) is 5.69 Å². The van der Waals surface area contributed by atoms with Crippen molar-refractivity contribution in [3.05, 3.63) is 30.2 Å². The number of aryl methyl sites for hydroxylation is 1. The van der Waals surface area contributed by atoms with Crippen molar-refractivity contribution in [3.8, 4) is 11.3 Å². The predicted octanol–water partition coefficient (Wildman–Crippen LogP) is 1.13. The molecule has 1 saturated carbocycles. The van der Waals surface area contributed by atoms with E-state index >= 15 is 0 Å². The van der Waals surface area contributed by atoms with Crippen molar-refractivity contribution >= 4 is 6.09 Å². The van der Waals surface area contributed by atoms with E-state index in [1.165, 1.54) is 0 Å². The van der Waals surface area contributed by atoms with E-state index in [9.17, 15) is 4.79 Å². The maximum atomic E-state index is 10.7. The first-order valence-corrected chi connectivity index (χ1v) is 5.93. The summed E-state index contributed by atoms with van der Waals surface area (Å²) < 4.78 is 1.69. The average Bonchev–Trinajstić information content (AvgIpc) is 3.02. The van der Waals surface area contributed by atoms with Crippen LogP contribution in [0, 0.1) is 0 Å². The van der Waals surface area contributed by atoms with Crippen molar-refractivity contribution in [2.75, 3.05) is 0 Å². The second-order valence-electron chi connectivity index (χ2n) is 4.72. The minimum Gasteiger partial charge on any atom is -0.465 e. The van der Waals surface area contributed by atoms with Gasteiger partial charge in [0.05, 0.1) is 23.1 Å². The molecule has 2 aromatic heterocycles. The Hall–Kier alpha value is -2.44.